The van der Waals surface area contributed by atoms with Gasteiger partial charge in [-0.25, -0.2) is 9.97 Å². The first kappa shape index (κ1) is 12.4. The Labute approximate surface area is 117 Å². The lowest BCUT2D eigenvalue weighted by molar-refractivity contribution is 1.05. The highest BCUT2D eigenvalue weighted by atomic mass is 14.9. The van der Waals surface area contributed by atoms with Gasteiger partial charge in [-0.2, -0.15) is 0 Å². The summed E-state index contributed by atoms with van der Waals surface area (Å²) in [5.41, 5.74) is 4.48. The molecule has 0 saturated carbocycles. The van der Waals surface area contributed by atoms with Gasteiger partial charge >= 0.3 is 0 Å². The molecular formula is C16H14N4. The third-order valence-electron chi connectivity index (χ3n) is 3.19. The second kappa shape index (κ2) is 5.17. The first-order valence-corrected chi connectivity index (χ1v) is 6.44. The van der Waals surface area contributed by atoms with E-state index in [9.17, 15) is 0 Å². The Hall–Kier alpha value is -2.62. The minimum absolute atomic E-state index is 0.634. The number of rotatable bonds is 2. The van der Waals surface area contributed by atoms with E-state index in [1.165, 1.54) is 0 Å². The first-order valence-electron chi connectivity index (χ1n) is 6.44. The number of nitrogens with zero attached hydrogens (tertiary/aromatic N) is 4. The molecule has 3 heterocycles. The lowest BCUT2D eigenvalue weighted by Crippen LogP contribution is -2.01. The van der Waals surface area contributed by atoms with E-state index in [1.807, 2.05) is 50.2 Å². The van der Waals surface area contributed by atoms with E-state index >= 15 is 0 Å². The van der Waals surface area contributed by atoms with Gasteiger partial charge in [0.1, 0.15) is 5.69 Å². The van der Waals surface area contributed by atoms with E-state index in [2.05, 4.69) is 19.9 Å². The van der Waals surface area contributed by atoms with Crippen molar-refractivity contribution in [3.8, 4) is 22.9 Å². The van der Waals surface area contributed by atoms with Crippen LogP contribution in [0, 0.1) is 13.8 Å². The molecule has 3 aromatic rings. The lowest BCUT2D eigenvalue weighted by Gasteiger charge is -2.09. The molecule has 0 N–H and O–H groups in total. The van der Waals surface area contributed by atoms with Crippen molar-refractivity contribution >= 4 is 0 Å². The van der Waals surface area contributed by atoms with Crippen LogP contribution in [0.3, 0.4) is 0 Å². The Balaban J connectivity index is 2.19. The molecular weight excluding hydrogens is 248 g/mol. The van der Waals surface area contributed by atoms with Crippen molar-refractivity contribution in [2.75, 3.05) is 0 Å². The Kier molecular flexibility index (Phi) is 3.21. The summed E-state index contributed by atoms with van der Waals surface area (Å²) in [4.78, 5) is 17.8. The zero-order chi connectivity index (χ0) is 13.9. The maximum Gasteiger partial charge on any atom is 0.179 e. The molecule has 20 heavy (non-hydrogen) atoms. The van der Waals surface area contributed by atoms with E-state index in [0.29, 0.717) is 5.82 Å². The Morgan fingerprint density at radius 3 is 2.00 bits per heavy atom. The van der Waals surface area contributed by atoms with E-state index in [1.54, 1.807) is 12.4 Å². The van der Waals surface area contributed by atoms with Gasteiger partial charge in [0.25, 0.3) is 0 Å². The molecule has 0 aliphatic carbocycles. The maximum absolute atomic E-state index is 4.64. The van der Waals surface area contributed by atoms with E-state index in [-0.39, 0.29) is 0 Å². The second-order valence-corrected chi connectivity index (χ2v) is 4.54. The summed E-state index contributed by atoms with van der Waals surface area (Å²) < 4.78 is 0. The predicted molar refractivity (Wildman–Crippen MR) is 78.0 cm³/mol. The minimum Gasteiger partial charge on any atom is -0.255 e. The quantitative estimate of drug-likeness (QED) is 0.711. The third kappa shape index (κ3) is 2.28. The van der Waals surface area contributed by atoms with Gasteiger partial charge in [-0.3, -0.25) is 9.97 Å². The molecule has 0 bridgehead atoms. The number of hydrogen-bond acceptors (Lipinski definition) is 4. The number of aromatic nitrogens is 4. The van der Waals surface area contributed by atoms with Crippen molar-refractivity contribution < 1.29 is 0 Å². The van der Waals surface area contributed by atoms with Crippen LogP contribution in [0.1, 0.15) is 11.3 Å². The summed E-state index contributed by atoms with van der Waals surface area (Å²) in [7, 11) is 0. The van der Waals surface area contributed by atoms with Crippen LogP contribution in [0.5, 0.6) is 0 Å². The molecule has 4 heteroatoms. The summed E-state index contributed by atoms with van der Waals surface area (Å²) in [5.74, 6) is 0.634. The molecule has 0 spiro atoms. The van der Waals surface area contributed by atoms with Crippen LogP contribution < -0.4 is 0 Å². The summed E-state index contributed by atoms with van der Waals surface area (Å²) in [5, 5.41) is 0. The molecule has 98 valence electrons. The van der Waals surface area contributed by atoms with Crippen molar-refractivity contribution in [2.24, 2.45) is 0 Å². The molecule has 0 atom stereocenters. The molecule has 0 unspecified atom stereocenters. The van der Waals surface area contributed by atoms with Gasteiger partial charge in [-0.15, -0.1) is 0 Å². The molecule has 0 fully saturated rings. The monoisotopic (exact) mass is 262 g/mol. The van der Waals surface area contributed by atoms with Crippen LogP contribution in [0.15, 0.2) is 48.8 Å². The second-order valence-electron chi connectivity index (χ2n) is 4.54. The first-order chi connectivity index (χ1) is 9.75. The fourth-order valence-corrected chi connectivity index (χ4v) is 1.99. The molecule has 4 nitrogen and oxygen atoms in total. The van der Waals surface area contributed by atoms with Crippen LogP contribution in [0.2, 0.25) is 0 Å². The largest absolute Gasteiger partial charge is 0.255 e. The molecule has 0 aliphatic rings. The highest BCUT2D eigenvalue weighted by Crippen LogP contribution is 2.23. The van der Waals surface area contributed by atoms with E-state index in [4.69, 9.17) is 0 Å². The maximum atomic E-state index is 4.64. The topological polar surface area (TPSA) is 51.6 Å². The number of aryl methyl sites for hydroxylation is 1. The van der Waals surface area contributed by atoms with Crippen molar-refractivity contribution in [3.05, 3.63) is 60.0 Å². The fourth-order valence-electron chi connectivity index (χ4n) is 1.99. The van der Waals surface area contributed by atoms with Crippen LogP contribution in [-0.2, 0) is 0 Å². The predicted octanol–water partition coefficient (Wildman–Crippen LogP) is 3.22. The van der Waals surface area contributed by atoms with Gasteiger partial charge in [-0.05, 0) is 43.7 Å². The number of hydrogen-bond donors (Lipinski definition) is 0. The zero-order valence-electron chi connectivity index (χ0n) is 11.4. The Morgan fingerprint density at radius 2 is 1.40 bits per heavy atom. The summed E-state index contributed by atoms with van der Waals surface area (Å²) in [6.45, 7) is 4.00. The SMILES string of the molecule is Cc1nc(-c2ccccn2)nc(-c2ccccn2)c1C. The van der Waals surface area contributed by atoms with E-state index < -0.39 is 0 Å². The zero-order valence-corrected chi connectivity index (χ0v) is 11.4. The van der Waals surface area contributed by atoms with Gasteiger partial charge in [0, 0.05) is 18.1 Å². The van der Waals surface area contributed by atoms with Crippen molar-refractivity contribution in [2.45, 2.75) is 13.8 Å². The van der Waals surface area contributed by atoms with Crippen molar-refractivity contribution in [1.29, 1.82) is 0 Å². The van der Waals surface area contributed by atoms with E-state index in [0.717, 1.165) is 28.3 Å². The number of pyridine rings is 2. The van der Waals surface area contributed by atoms with Gasteiger partial charge in [-0.1, -0.05) is 12.1 Å². The third-order valence-corrected chi connectivity index (χ3v) is 3.19. The molecule has 3 rings (SSSR count). The highest BCUT2D eigenvalue weighted by molar-refractivity contribution is 5.63. The van der Waals surface area contributed by atoms with Crippen molar-refractivity contribution in [1.82, 2.24) is 19.9 Å². The Bertz CT molecular complexity index is 724. The van der Waals surface area contributed by atoms with Crippen molar-refractivity contribution in [3.63, 3.8) is 0 Å². The molecule has 0 aliphatic heterocycles. The minimum atomic E-state index is 0.634. The summed E-state index contributed by atoms with van der Waals surface area (Å²) >= 11 is 0. The van der Waals surface area contributed by atoms with Crippen LogP contribution in [0.25, 0.3) is 22.9 Å². The molecule has 0 saturated heterocycles. The fraction of sp³-hybridized carbons (Fsp3) is 0.125. The standard InChI is InChI=1S/C16H14N4/c1-11-12(2)19-16(14-8-4-6-10-18-14)20-15(11)13-7-3-5-9-17-13/h3-10H,1-2H3. The molecule has 3 aromatic heterocycles. The van der Waals surface area contributed by atoms with Gasteiger partial charge < -0.3 is 0 Å². The average Bonchev–Trinajstić information content (AvgIpc) is 2.51. The highest BCUT2D eigenvalue weighted by Gasteiger charge is 2.12. The normalized spacial score (nSPS) is 10.5. The average molecular weight is 262 g/mol. The smallest absolute Gasteiger partial charge is 0.179 e. The van der Waals surface area contributed by atoms with Gasteiger partial charge in [0.2, 0.25) is 0 Å². The molecule has 0 radical (unpaired) electrons. The van der Waals surface area contributed by atoms with Crippen LogP contribution in [-0.4, -0.2) is 19.9 Å². The Morgan fingerprint density at radius 1 is 0.750 bits per heavy atom. The molecule has 0 aromatic carbocycles. The lowest BCUT2D eigenvalue weighted by atomic mass is 10.1. The summed E-state index contributed by atoms with van der Waals surface area (Å²) in [6, 6.07) is 11.5. The van der Waals surface area contributed by atoms with Gasteiger partial charge in [0.15, 0.2) is 5.82 Å². The van der Waals surface area contributed by atoms with Gasteiger partial charge in [0.05, 0.1) is 11.4 Å². The van der Waals surface area contributed by atoms with Crippen LogP contribution >= 0.6 is 0 Å². The molecule has 0 amide bonds. The van der Waals surface area contributed by atoms with Crippen LogP contribution in [0.4, 0.5) is 0 Å². The summed E-state index contributed by atoms with van der Waals surface area (Å²) in [6.07, 6.45) is 3.51.